The number of amides is 1. The summed E-state index contributed by atoms with van der Waals surface area (Å²) in [7, 11) is 4.42. The normalized spacial score (nSPS) is 16.1. The fourth-order valence-corrected chi connectivity index (χ4v) is 3.65. The molecular formula is C24H25NO5. The van der Waals surface area contributed by atoms with Crippen molar-refractivity contribution < 1.29 is 23.8 Å². The zero-order valence-corrected chi connectivity index (χ0v) is 17.8. The Bertz CT molecular complexity index is 1020. The highest BCUT2D eigenvalue weighted by atomic mass is 16.5. The van der Waals surface area contributed by atoms with Crippen molar-refractivity contribution >= 4 is 18.0 Å². The highest BCUT2D eigenvalue weighted by molar-refractivity contribution is 6.16. The molecule has 0 saturated heterocycles. The number of hydrogen-bond acceptors (Lipinski definition) is 5. The zero-order valence-electron chi connectivity index (χ0n) is 17.8. The van der Waals surface area contributed by atoms with Gasteiger partial charge in [-0.25, -0.2) is 4.79 Å². The van der Waals surface area contributed by atoms with Gasteiger partial charge in [0.25, 0.3) is 5.91 Å². The summed E-state index contributed by atoms with van der Waals surface area (Å²) in [6.45, 7) is 3.69. The number of rotatable bonds is 6. The molecule has 0 fully saturated rings. The van der Waals surface area contributed by atoms with E-state index < -0.39 is 5.97 Å². The quantitative estimate of drug-likeness (QED) is 0.532. The van der Waals surface area contributed by atoms with Crippen LogP contribution in [0.5, 0.6) is 11.5 Å². The number of allylic oxidation sites excluding steroid dienone is 1. The van der Waals surface area contributed by atoms with Gasteiger partial charge in [-0.1, -0.05) is 30.3 Å². The Hall–Kier alpha value is -3.54. The average molecular weight is 407 g/mol. The summed E-state index contributed by atoms with van der Waals surface area (Å²) in [6.07, 6.45) is 1.65. The predicted octanol–water partition coefficient (Wildman–Crippen LogP) is 4.14. The second-order valence-electron chi connectivity index (χ2n) is 6.88. The summed E-state index contributed by atoms with van der Waals surface area (Å²) in [5.41, 5.74) is 2.65. The van der Waals surface area contributed by atoms with E-state index in [0.29, 0.717) is 22.8 Å². The molecule has 1 aliphatic heterocycles. The van der Waals surface area contributed by atoms with E-state index in [-0.39, 0.29) is 23.1 Å². The van der Waals surface area contributed by atoms with E-state index in [1.165, 1.54) is 7.11 Å². The van der Waals surface area contributed by atoms with Crippen LogP contribution in [-0.4, -0.2) is 38.1 Å². The van der Waals surface area contributed by atoms with E-state index in [4.69, 9.17) is 14.2 Å². The number of hydrogen-bond donors (Lipinski definition) is 0. The van der Waals surface area contributed by atoms with Crippen molar-refractivity contribution in [2.24, 2.45) is 0 Å². The van der Waals surface area contributed by atoms with E-state index in [9.17, 15) is 9.59 Å². The Morgan fingerprint density at radius 1 is 1.03 bits per heavy atom. The molecule has 2 aromatic carbocycles. The van der Waals surface area contributed by atoms with Crippen LogP contribution in [0.3, 0.4) is 0 Å². The first-order valence-electron chi connectivity index (χ1n) is 9.54. The van der Waals surface area contributed by atoms with Gasteiger partial charge in [0, 0.05) is 11.3 Å². The van der Waals surface area contributed by atoms with Crippen LogP contribution in [0.25, 0.3) is 6.08 Å². The summed E-state index contributed by atoms with van der Waals surface area (Å²) < 4.78 is 15.7. The Morgan fingerprint density at radius 3 is 2.33 bits per heavy atom. The monoisotopic (exact) mass is 407 g/mol. The molecule has 6 heteroatoms. The maximum Gasteiger partial charge on any atom is 0.340 e. The summed E-state index contributed by atoms with van der Waals surface area (Å²) in [6, 6.07) is 14.7. The number of carbonyl (C=O) groups is 2. The fraction of sp³-hybridized carbons (Fsp3) is 0.250. The highest BCUT2D eigenvalue weighted by Crippen LogP contribution is 2.38. The fourth-order valence-electron chi connectivity index (χ4n) is 3.65. The maximum atomic E-state index is 13.5. The third-order valence-corrected chi connectivity index (χ3v) is 5.24. The van der Waals surface area contributed by atoms with Crippen LogP contribution in [0.2, 0.25) is 0 Å². The summed E-state index contributed by atoms with van der Waals surface area (Å²) in [5.74, 6) is 0.348. The maximum absolute atomic E-state index is 13.5. The molecule has 6 nitrogen and oxygen atoms in total. The lowest BCUT2D eigenvalue weighted by molar-refractivity contribution is -0.136. The first-order chi connectivity index (χ1) is 14.4. The minimum Gasteiger partial charge on any atom is -0.497 e. The summed E-state index contributed by atoms with van der Waals surface area (Å²) in [5, 5.41) is 0. The molecule has 0 unspecified atom stereocenters. The molecule has 30 heavy (non-hydrogen) atoms. The van der Waals surface area contributed by atoms with E-state index >= 15 is 0 Å². The van der Waals surface area contributed by atoms with E-state index in [2.05, 4.69) is 0 Å². The minimum atomic E-state index is -0.559. The molecule has 3 rings (SSSR count). The number of carbonyl (C=O) groups excluding carboxylic acids is 2. The molecule has 0 saturated carbocycles. The molecule has 156 valence electrons. The summed E-state index contributed by atoms with van der Waals surface area (Å²) in [4.78, 5) is 27.7. The third-order valence-electron chi connectivity index (χ3n) is 5.24. The largest absolute Gasteiger partial charge is 0.497 e. The van der Waals surface area contributed by atoms with Crippen LogP contribution in [0.4, 0.5) is 0 Å². The van der Waals surface area contributed by atoms with Crippen LogP contribution in [0.1, 0.15) is 31.0 Å². The van der Waals surface area contributed by atoms with Crippen LogP contribution < -0.4 is 9.47 Å². The van der Waals surface area contributed by atoms with Crippen molar-refractivity contribution in [3.05, 3.63) is 76.5 Å². The van der Waals surface area contributed by atoms with Gasteiger partial charge in [0.15, 0.2) is 0 Å². The molecule has 0 aromatic heterocycles. The molecule has 0 spiro atoms. The van der Waals surface area contributed by atoms with Crippen molar-refractivity contribution in [1.82, 2.24) is 4.90 Å². The van der Waals surface area contributed by atoms with Gasteiger partial charge in [0.1, 0.15) is 11.5 Å². The second-order valence-corrected chi connectivity index (χ2v) is 6.88. The molecule has 1 amide bonds. The molecule has 0 N–H and O–H groups in total. The number of benzene rings is 2. The van der Waals surface area contributed by atoms with Crippen LogP contribution in [-0.2, 0) is 14.3 Å². The number of ether oxygens (including phenoxy) is 3. The molecule has 0 radical (unpaired) electrons. The van der Waals surface area contributed by atoms with Gasteiger partial charge < -0.3 is 19.1 Å². The van der Waals surface area contributed by atoms with Gasteiger partial charge in [0.05, 0.1) is 38.5 Å². The number of esters is 1. The van der Waals surface area contributed by atoms with Crippen LogP contribution in [0.15, 0.2) is 65.4 Å². The number of nitrogens with zero attached hydrogens (tertiary/aromatic N) is 1. The Kier molecular flexibility index (Phi) is 6.26. The molecule has 2 aromatic rings. The average Bonchev–Trinajstić information content (AvgIpc) is 3.02. The van der Waals surface area contributed by atoms with E-state index in [0.717, 1.165) is 5.56 Å². The molecule has 1 atom stereocenters. The van der Waals surface area contributed by atoms with Crippen molar-refractivity contribution in [3.63, 3.8) is 0 Å². The van der Waals surface area contributed by atoms with Crippen molar-refractivity contribution in [2.45, 2.75) is 19.9 Å². The van der Waals surface area contributed by atoms with Crippen molar-refractivity contribution in [3.8, 4) is 11.5 Å². The number of methoxy groups -OCH3 is 3. The lowest BCUT2D eigenvalue weighted by atomic mass is 10.0. The SMILES string of the molecule is COC(=O)C1=C(C)N([C@H](C)c2ccccc2)C(=O)/C1=C\c1cc(OC)ccc1OC. The topological polar surface area (TPSA) is 65.1 Å². The molecule has 1 heterocycles. The van der Waals surface area contributed by atoms with Gasteiger partial charge in [-0.3, -0.25) is 4.79 Å². The first-order valence-corrected chi connectivity index (χ1v) is 9.54. The lowest BCUT2D eigenvalue weighted by Gasteiger charge is -2.26. The Morgan fingerprint density at radius 2 is 1.73 bits per heavy atom. The lowest BCUT2D eigenvalue weighted by Crippen LogP contribution is -2.28. The zero-order chi connectivity index (χ0) is 21.8. The second kappa shape index (κ2) is 8.86. The van der Waals surface area contributed by atoms with Crippen molar-refractivity contribution in [1.29, 1.82) is 0 Å². The standard InChI is InChI=1S/C24H25NO5/c1-15(17-9-7-6-8-10-17)25-16(2)22(24(27)30-5)20(23(25)26)14-18-13-19(28-3)11-12-21(18)29-4/h6-15H,1-5H3/b20-14-/t15-/m1/s1. The van der Waals surface area contributed by atoms with Gasteiger partial charge in [0.2, 0.25) is 0 Å². The van der Waals surface area contributed by atoms with Gasteiger partial charge in [-0.2, -0.15) is 0 Å². The van der Waals surface area contributed by atoms with Gasteiger partial charge in [-0.15, -0.1) is 0 Å². The molecular weight excluding hydrogens is 382 g/mol. The van der Waals surface area contributed by atoms with Crippen LogP contribution in [0, 0.1) is 0 Å². The Labute approximate surface area is 176 Å². The van der Waals surface area contributed by atoms with Crippen LogP contribution >= 0.6 is 0 Å². The minimum absolute atomic E-state index is 0.246. The summed E-state index contributed by atoms with van der Waals surface area (Å²) >= 11 is 0. The van der Waals surface area contributed by atoms with Gasteiger partial charge >= 0.3 is 5.97 Å². The highest BCUT2D eigenvalue weighted by Gasteiger charge is 2.39. The smallest absolute Gasteiger partial charge is 0.340 e. The first kappa shape index (κ1) is 21.2. The molecule has 0 aliphatic carbocycles. The Balaban J connectivity index is 2.14. The van der Waals surface area contributed by atoms with E-state index in [1.54, 1.807) is 50.3 Å². The molecule has 1 aliphatic rings. The molecule has 0 bridgehead atoms. The van der Waals surface area contributed by atoms with E-state index in [1.807, 2.05) is 37.3 Å². The predicted molar refractivity (Wildman–Crippen MR) is 114 cm³/mol. The van der Waals surface area contributed by atoms with Crippen molar-refractivity contribution in [2.75, 3.05) is 21.3 Å². The third kappa shape index (κ3) is 3.81. The van der Waals surface area contributed by atoms with Gasteiger partial charge in [-0.05, 0) is 43.7 Å².